The molecule has 0 radical (unpaired) electrons. The number of hydrazone groups is 1. The van der Waals surface area contributed by atoms with Crippen molar-refractivity contribution in [2.45, 2.75) is 19.5 Å². The summed E-state index contributed by atoms with van der Waals surface area (Å²) in [5.74, 6) is 0. The van der Waals surface area contributed by atoms with Crippen molar-refractivity contribution in [3.63, 3.8) is 0 Å². The van der Waals surface area contributed by atoms with Crippen LogP contribution < -0.4 is 11.2 Å². The maximum absolute atomic E-state index is 5.40. The fourth-order valence-electron chi connectivity index (χ4n) is 0.603. The summed E-state index contributed by atoms with van der Waals surface area (Å²) < 4.78 is 0. The Balaban J connectivity index is 2.42. The van der Waals surface area contributed by atoms with E-state index in [2.05, 4.69) is 10.5 Å². The lowest BCUT2D eigenvalue weighted by molar-refractivity contribution is 0.609. The lowest BCUT2D eigenvalue weighted by Crippen LogP contribution is -2.29. The molecule has 0 aromatic carbocycles. The predicted molar refractivity (Wildman–Crippen MR) is 28.8 cm³/mol. The number of rotatable bonds is 0. The van der Waals surface area contributed by atoms with E-state index in [0.29, 0.717) is 0 Å². The Kier molecular flexibility index (Phi) is 0.982. The molecule has 40 valence electrons. The summed E-state index contributed by atoms with van der Waals surface area (Å²) in [4.78, 5) is 0. The minimum Gasteiger partial charge on any atom is -0.310 e. The van der Waals surface area contributed by atoms with E-state index in [1.165, 1.54) is 0 Å². The largest absolute Gasteiger partial charge is 0.310 e. The van der Waals surface area contributed by atoms with Gasteiger partial charge in [-0.2, -0.15) is 5.10 Å². The first-order chi connectivity index (χ1) is 3.29. The van der Waals surface area contributed by atoms with Crippen molar-refractivity contribution < 1.29 is 0 Å². The Labute approximate surface area is 42.6 Å². The molecule has 0 fully saturated rings. The van der Waals surface area contributed by atoms with Gasteiger partial charge in [-0.1, -0.05) is 0 Å². The molecule has 0 spiro atoms. The van der Waals surface area contributed by atoms with E-state index < -0.39 is 0 Å². The highest BCUT2D eigenvalue weighted by atomic mass is 15.4. The van der Waals surface area contributed by atoms with Crippen LogP contribution in [0.15, 0.2) is 5.10 Å². The molecule has 0 aliphatic carbocycles. The van der Waals surface area contributed by atoms with Gasteiger partial charge >= 0.3 is 0 Å². The topological polar surface area (TPSA) is 50.4 Å². The van der Waals surface area contributed by atoms with Crippen LogP contribution in [-0.4, -0.2) is 11.9 Å². The fraction of sp³-hybridized carbons (Fsp3) is 0.750. The monoisotopic (exact) mass is 99.1 g/mol. The molecule has 0 saturated heterocycles. The van der Waals surface area contributed by atoms with E-state index in [1.54, 1.807) is 0 Å². The van der Waals surface area contributed by atoms with Gasteiger partial charge in [0, 0.05) is 12.1 Å². The van der Waals surface area contributed by atoms with Crippen LogP contribution in [0.5, 0.6) is 0 Å². The summed E-state index contributed by atoms with van der Waals surface area (Å²) >= 11 is 0. The molecule has 0 amide bonds. The second kappa shape index (κ2) is 1.50. The normalized spacial score (nSPS) is 29.4. The molecule has 3 nitrogen and oxygen atoms in total. The van der Waals surface area contributed by atoms with E-state index in [0.717, 1.165) is 12.1 Å². The molecule has 0 aromatic rings. The van der Waals surface area contributed by atoms with E-state index >= 15 is 0 Å². The second-order valence-electron chi connectivity index (χ2n) is 1.79. The Bertz CT molecular complexity index is 97.1. The number of hydrogen-bond acceptors (Lipinski definition) is 3. The van der Waals surface area contributed by atoms with Gasteiger partial charge in [0.05, 0.1) is 6.17 Å². The lowest BCUT2D eigenvalue weighted by atomic mass is 10.3. The average molecular weight is 99.1 g/mol. The van der Waals surface area contributed by atoms with E-state index in [-0.39, 0.29) is 6.17 Å². The standard InChI is InChI=1S/C4H9N3/c1-3-2-4(5)7-6-3/h4,7H,2,5H2,1H3. The Hall–Kier alpha value is -0.570. The van der Waals surface area contributed by atoms with Crippen molar-refractivity contribution in [1.29, 1.82) is 0 Å². The third-order valence-electron chi connectivity index (χ3n) is 0.937. The van der Waals surface area contributed by atoms with Gasteiger partial charge in [-0.3, -0.25) is 5.43 Å². The summed E-state index contributed by atoms with van der Waals surface area (Å²) in [5.41, 5.74) is 9.22. The van der Waals surface area contributed by atoms with Crippen molar-refractivity contribution in [3.8, 4) is 0 Å². The van der Waals surface area contributed by atoms with Gasteiger partial charge in [0.1, 0.15) is 0 Å². The molecule has 0 bridgehead atoms. The second-order valence-corrected chi connectivity index (χ2v) is 1.79. The summed E-state index contributed by atoms with van der Waals surface area (Å²) in [7, 11) is 0. The SMILES string of the molecule is CC1=NNC(N)C1. The van der Waals surface area contributed by atoms with Crippen LogP contribution in [0.1, 0.15) is 13.3 Å². The van der Waals surface area contributed by atoms with Gasteiger partial charge in [0.15, 0.2) is 0 Å². The zero-order valence-corrected chi connectivity index (χ0v) is 4.31. The van der Waals surface area contributed by atoms with Gasteiger partial charge in [0.2, 0.25) is 0 Å². The van der Waals surface area contributed by atoms with E-state index in [4.69, 9.17) is 5.73 Å². The molecular weight excluding hydrogens is 90.1 g/mol. The number of nitrogens with zero attached hydrogens (tertiary/aromatic N) is 1. The molecule has 1 atom stereocenters. The first kappa shape index (κ1) is 4.59. The van der Waals surface area contributed by atoms with Crippen LogP contribution in [0, 0.1) is 0 Å². The Morgan fingerprint density at radius 1 is 2.00 bits per heavy atom. The maximum Gasteiger partial charge on any atom is 0.0961 e. The van der Waals surface area contributed by atoms with Crippen molar-refractivity contribution in [1.82, 2.24) is 5.43 Å². The van der Waals surface area contributed by atoms with E-state index in [1.807, 2.05) is 6.92 Å². The highest BCUT2D eigenvalue weighted by Crippen LogP contribution is 1.94. The molecule has 0 aromatic heterocycles. The third kappa shape index (κ3) is 0.899. The van der Waals surface area contributed by atoms with Crippen LogP contribution in [-0.2, 0) is 0 Å². The Morgan fingerprint density at radius 2 is 2.71 bits per heavy atom. The molecular formula is C4H9N3. The van der Waals surface area contributed by atoms with Gasteiger partial charge in [0.25, 0.3) is 0 Å². The minimum atomic E-state index is 0.0694. The quantitative estimate of drug-likeness (QED) is 0.435. The summed E-state index contributed by atoms with van der Waals surface area (Å²) in [6, 6.07) is 0. The van der Waals surface area contributed by atoms with Gasteiger partial charge in [-0.25, -0.2) is 0 Å². The smallest absolute Gasteiger partial charge is 0.0961 e. The van der Waals surface area contributed by atoms with Crippen LogP contribution in [0.25, 0.3) is 0 Å². The zero-order valence-electron chi connectivity index (χ0n) is 4.31. The fourth-order valence-corrected chi connectivity index (χ4v) is 0.603. The molecule has 1 rings (SSSR count). The summed E-state index contributed by atoms with van der Waals surface area (Å²) in [5, 5.41) is 3.86. The van der Waals surface area contributed by atoms with Crippen molar-refractivity contribution >= 4 is 5.71 Å². The van der Waals surface area contributed by atoms with Crippen molar-refractivity contribution in [2.75, 3.05) is 0 Å². The molecule has 3 N–H and O–H groups in total. The number of nitrogens with two attached hydrogens (primary N) is 1. The molecule has 1 unspecified atom stereocenters. The van der Waals surface area contributed by atoms with Crippen LogP contribution >= 0.6 is 0 Å². The summed E-state index contributed by atoms with van der Waals surface area (Å²) in [6.07, 6.45) is 0.958. The molecule has 1 aliphatic rings. The van der Waals surface area contributed by atoms with Crippen molar-refractivity contribution in [2.24, 2.45) is 10.8 Å². The molecule has 0 saturated carbocycles. The predicted octanol–water partition coefficient (Wildman–Crippen LogP) is -0.360. The highest BCUT2D eigenvalue weighted by molar-refractivity contribution is 5.83. The van der Waals surface area contributed by atoms with Crippen LogP contribution in [0.4, 0.5) is 0 Å². The first-order valence-corrected chi connectivity index (χ1v) is 2.33. The average Bonchev–Trinajstić information content (AvgIpc) is 1.87. The maximum atomic E-state index is 5.40. The Morgan fingerprint density at radius 3 is 2.86 bits per heavy atom. The van der Waals surface area contributed by atoms with Crippen molar-refractivity contribution in [3.05, 3.63) is 0 Å². The molecule has 1 heterocycles. The van der Waals surface area contributed by atoms with Gasteiger partial charge in [-0.15, -0.1) is 0 Å². The third-order valence-corrected chi connectivity index (χ3v) is 0.937. The zero-order chi connectivity index (χ0) is 5.28. The van der Waals surface area contributed by atoms with Crippen LogP contribution in [0.2, 0.25) is 0 Å². The van der Waals surface area contributed by atoms with Gasteiger partial charge in [-0.05, 0) is 6.92 Å². The van der Waals surface area contributed by atoms with Crippen LogP contribution in [0.3, 0.4) is 0 Å². The highest BCUT2D eigenvalue weighted by Gasteiger charge is 2.07. The molecule has 7 heavy (non-hydrogen) atoms. The van der Waals surface area contributed by atoms with Gasteiger partial charge < -0.3 is 5.73 Å². The summed E-state index contributed by atoms with van der Waals surface area (Å²) in [6.45, 7) is 1.96. The van der Waals surface area contributed by atoms with E-state index in [9.17, 15) is 0 Å². The number of hydrogen-bond donors (Lipinski definition) is 2. The molecule has 1 aliphatic heterocycles. The molecule has 3 heteroatoms. The first-order valence-electron chi connectivity index (χ1n) is 2.33. The minimum absolute atomic E-state index is 0.0694. The number of nitrogens with one attached hydrogen (secondary N) is 1. The lowest BCUT2D eigenvalue weighted by Gasteiger charge is -1.96.